The molecule has 0 spiro atoms. The Morgan fingerprint density at radius 1 is 1.56 bits per heavy atom. The Balaban J connectivity index is 2.13. The first-order chi connectivity index (χ1) is 7.65. The number of aromatic nitrogens is 2. The van der Waals surface area contributed by atoms with Crippen LogP contribution in [-0.4, -0.2) is 10.2 Å². The Bertz CT molecular complexity index is 535. The minimum Gasteiger partial charge on any atom is -0.481 e. The van der Waals surface area contributed by atoms with Crippen molar-refractivity contribution in [3.63, 3.8) is 0 Å². The van der Waals surface area contributed by atoms with Gasteiger partial charge in [-0.15, -0.1) is 5.10 Å². The lowest BCUT2D eigenvalue weighted by atomic mass is 10.3. The summed E-state index contributed by atoms with van der Waals surface area (Å²) in [6.45, 7) is 1.72. The summed E-state index contributed by atoms with van der Waals surface area (Å²) in [6.07, 6.45) is -0.461. The van der Waals surface area contributed by atoms with E-state index >= 15 is 0 Å². The van der Waals surface area contributed by atoms with Crippen molar-refractivity contribution in [3.8, 4) is 5.75 Å². The van der Waals surface area contributed by atoms with Crippen LogP contribution in [0.25, 0.3) is 0 Å². The van der Waals surface area contributed by atoms with Gasteiger partial charge in [-0.05, 0) is 25.1 Å². The first-order valence-electron chi connectivity index (χ1n) is 4.63. The Morgan fingerprint density at radius 3 is 3.00 bits per heavy atom. The van der Waals surface area contributed by atoms with Crippen LogP contribution in [0, 0.1) is 0 Å². The van der Waals surface area contributed by atoms with Crippen LogP contribution in [0.5, 0.6) is 5.75 Å². The fourth-order valence-electron chi connectivity index (χ4n) is 1.21. The number of rotatable bonds is 3. The Kier molecular flexibility index (Phi) is 2.96. The molecule has 0 aliphatic heterocycles. The van der Waals surface area contributed by atoms with Gasteiger partial charge in [0.15, 0.2) is 6.10 Å². The van der Waals surface area contributed by atoms with Crippen LogP contribution >= 0.6 is 11.6 Å². The summed E-state index contributed by atoms with van der Waals surface area (Å²) in [6, 6.07) is 6.94. The summed E-state index contributed by atoms with van der Waals surface area (Å²) in [5.41, 5.74) is 0. The molecule has 1 N–H and O–H groups in total. The fraction of sp³-hybridized carbons (Fsp3) is 0.200. The summed E-state index contributed by atoms with van der Waals surface area (Å²) in [7, 11) is 0. The van der Waals surface area contributed by atoms with Crippen LogP contribution in [-0.2, 0) is 0 Å². The fourth-order valence-corrected chi connectivity index (χ4v) is 1.39. The molecule has 0 aliphatic carbocycles. The van der Waals surface area contributed by atoms with E-state index in [0.717, 1.165) is 0 Å². The minimum absolute atomic E-state index is 0.199. The van der Waals surface area contributed by atoms with Crippen LogP contribution in [0.4, 0.5) is 0 Å². The molecule has 0 aliphatic rings. The predicted molar refractivity (Wildman–Crippen MR) is 57.6 cm³/mol. The van der Waals surface area contributed by atoms with Gasteiger partial charge in [0.25, 0.3) is 5.89 Å². The van der Waals surface area contributed by atoms with Gasteiger partial charge in [0.2, 0.25) is 0 Å². The number of benzene rings is 1. The molecule has 84 valence electrons. The number of hydrogen-bond acceptors (Lipinski definition) is 4. The summed E-state index contributed by atoms with van der Waals surface area (Å²) < 4.78 is 10.3. The van der Waals surface area contributed by atoms with Gasteiger partial charge < -0.3 is 9.15 Å². The number of nitrogens with one attached hydrogen (secondary N) is 1. The summed E-state index contributed by atoms with van der Waals surface area (Å²) in [5.74, 6) is 0.187. The average Bonchev–Trinajstić information content (AvgIpc) is 2.65. The van der Waals surface area contributed by atoms with Crippen LogP contribution in [0.1, 0.15) is 18.9 Å². The number of H-pyrrole nitrogens is 1. The molecule has 1 aromatic heterocycles. The predicted octanol–water partition coefficient (Wildman–Crippen LogP) is 2.16. The topological polar surface area (TPSA) is 68.1 Å². The van der Waals surface area contributed by atoms with Crippen molar-refractivity contribution in [2.24, 2.45) is 0 Å². The van der Waals surface area contributed by atoms with Crippen LogP contribution < -0.4 is 10.5 Å². The second-order valence-electron chi connectivity index (χ2n) is 3.17. The van der Waals surface area contributed by atoms with E-state index in [0.29, 0.717) is 10.8 Å². The maximum atomic E-state index is 10.7. The third-order valence-corrected chi connectivity index (χ3v) is 2.15. The smallest absolute Gasteiger partial charge is 0.434 e. The third-order valence-electron chi connectivity index (χ3n) is 1.91. The number of nitrogens with zero attached hydrogens (tertiary/aromatic N) is 1. The number of ether oxygens (including phenoxy) is 1. The minimum atomic E-state index is -0.600. The van der Waals surface area contributed by atoms with Crippen molar-refractivity contribution < 1.29 is 9.15 Å². The normalized spacial score (nSPS) is 12.4. The number of aromatic amines is 1. The highest BCUT2D eigenvalue weighted by Crippen LogP contribution is 2.22. The lowest BCUT2D eigenvalue weighted by Crippen LogP contribution is -2.03. The molecule has 2 aromatic rings. The Morgan fingerprint density at radius 2 is 2.38 bits per heavy atom. The lowest BCUT2D eigenvalue weighted by molar-refractivity contribution is 0.186. The van der Waals surface area contributed by atoms with Crippen LogP contribution in [0.2, 0.25) is 5.02 Å². The summed E-state index contributed by atoms with van der Waals surface area (Å²) in [4.78, 5) is 10.7. The van der Waals surface area contributed by atoms with E-state index in [4.69, 9.17) is 20.8 Å². The first kappa shape index (κ1) is 10.8. The van der Waals surface area contributed by atoms with Gasteiger partial charge in [0.1, 0.15) is 5.75 Å². The Labute approximate surface area is 96.0 Å². The molecule has 1 unspecified atom stereocenters. The molecule has 6 heteroatoms. The molecule has 1 heterocycles. The summed E-state index contributed by atoms with van der Waals surface area (Å²) >= 11 is 5.80. The molecular formula is C10H9ClN2O3. The second-order valence-corrected chi connectivity index (χ2v) is 3.61. The highest BCUT2D eigenvalue weighted by molar-refractivity contribution is 6.30. The van der Waals surface area contributed by atoms with E-state index in [2.05, 4.69) is 10.2 Å². The van der Waals surface area contributed by atoms with Gasteiger partial charge in [-0.1, -0.05) is 17.7 Å². The number of hydrogen-bond donors (Lipinski definition) is 1. The van der Waals surface area contributed by atoms with Gasteiger partial charge in [-0.2, -0.15) is 0 Å². The van der Waals surface area contributed by atoms with E-state index in [1.54, 1.807) is 31.2 Å². The average molecular weight is 241 g/mol. The van der Waals surface area contributed by atoms with E-state index in [9.17, 15) is 4.79 Å². The van der Waals surface area contributed by atoms with Gasteiger partial charge in [-0.25, -0.2) is 9.89 Å². The number of halogens is 1. The first-order valence-corrected chi connectivity index (χ1v) is 5.00. The van der Waals surface area contributed by atoms with Crippen molar-refractivity contribution >= 4 is 11.6 Å². The van der Waals surface area contributed by atoms with Crippen molar-refractivity contribution in [2.75, 3.05) is 0 Å². The molecule has 0 fully saturated rings. The zero-order chi connectivity index (χ0) is 11.5. The van der Waals surface area contributed by atoms with Crippen molar-refractivity contribution in [2.45, 2.75) is 13.0 Å². The maximum absolute atomic E-state index is 10.7. The van der Waals surface area contributed by atoms with Crippen LogP contribution in [0.3, 0.4) is 0 Å². The highest BCUT2D eigenvalue weighted by Gasteiger charge is 2.13. The molecule has 16 heavy (non-hydrogen) atoms. The third kappa shape index (κ3) is 2.43. The van der Waals surface area contributed by atoms with Gasteiger partial charge in [0, 0.05) is 5.02 Å². The van der Waals surface area contributed by atoms with Gasteiger partial charge in [0.05, 0.1) is 0 Å². The van der Waals surface area contributed by atoms with Crippen molar-refractivity contribution in [1.29, 1.82) is 0 Å². The molecule has 0 bridgehead atoms. The maximum Gasteiger partial charge on any atom is 0.434 e. The summed E-state index contributed by atoms with van der Waals surface area (Å²) in [5, 5.41) is 6.42. The molecule has 1 aromatic carbocycles. The molecule has 0 saturated carbocycles. The van der Waals surface area contributed by atoms with Crippen molar-refractivity contribution in [1.82, 2.24) is 10.2 Å². The molecule has 5 nitrogen and oxygen atoms in total. The van der Waals surface area contributed by atoms with Gasteiger partial charge in [-0.3, -0.25) is 0 Å². The quantitative estimate of drug-likeness (QED) is 0.893. The molecule has 0 amide bonds. The molecule has 0 saturated heterocycles. The van der Waals surface area contributed by atoms with Gasteiger partial charge >= 0.3 is 5.76 Å². The molecular weight excluding hydrogens is 232 g/mol. The monoisotopic (exact) mass is 240 g/mol. The largest absolute Gasteiger partial charge is 0.481 e. The molecule has 0 radical (unpaired) electrons. The zero-order valence-corrected chi connectivity index (χ0v) is 9.19. The van der Waals surface area contributed by atoms with Crippen LogP contribution in [0.15, 0.2) is 33.5 Å². The Hall–Kier alpha value is -1.75. The van der Waals surface area contributed by atoms with Crippen molar-refractivity contribution in [3.05, 3.63) is 45.7 Å². The van der Waals surface area contributed by atoms with E-state index < -0.39 is 11.9 Å². The lowest BCUT2D eigenvalue weighted by Gasteiger charge is -2.10. The van der Waals surface area contributed by atoms with E-state index in [-0.39, 0.29) is 5.89 Å². The standard InChI is InChI=1S/C10H9ClN2O3/c1-6(9-12-13-10(14)16-9)15-8-4-2-3-7(11)5-8/h2-6H,1H3,(H,13,14). The zero-order valence-electron chi connectivity index (χ0n) is 8.44. The molecule has 2 rings (SSSR count). The van der Waals surface area contributed by atoms with E-state index in [1.165, 1.54) is 0 Å². The SMILES string of the molecule is CC(Oc1cccc(Cl)c1)c1n[nH]c(=O)o1. The highest BCUT2D eigenvalue weighted by atomic mass is 35.5. The van der Waals surface area contributed by atoms with E-state index in [1.807, 2.05) is 0 Å². The second kappa shape index (κ2) is 4.40. The molecule has 1 atom stereocenters.